The molecule has 2 rings (SSSR count). The molecule has 0 atom stereocenters. The van der Waals surface area contributed by atoms with E-state index in [1.165, 1.54) is 6.08 Å². The van der Waals surface area contributed by atoms with Gasteiger partial charge in [-0.2, -0.15) is 23.3 Å². The standard InChI is InChI=1S/C13H11F3N4O2/c1-2-5-22-10-4-3-8(13(14,15)16)6-9(10)11(21)19-12-17-7-18-20-12/h2-4,6-7H,1,5H2,(H2,17,18,19,20,21). The van der Waals surface area contributed by atoms with Crippen LogP contribution in [0, 0.1) is 0 Å². The smallest absolute Gasteiger partial charge is 0.416 e. The number of halogens is 3. The van der Waals surface area contributed by atoms with Gasteiger partial charge in [0.15, 0.2) is 0 Å². The summed E-state index contributed by atoms with van der Waals surface area (Å²) in [5.41, 5.74) is -1.23. The van der Waals surface area contributed by atoms with Gasteiger partial charge in [0.2, 0.25) is 5.95 Å². The molecule has 0 unspecified atom stereocenters. The first-order chi connectivity index (χ1) is 10.4. The van der Waals surface area contributed by atoms with E-state index >= 15 is 0 Å². The molecular formula is C13H11F3N4O2. The summed E-state index contributed by atoms with van der Waals surface area (Å²) < 4.78 is 43.5. The number of hydrogen-bond acceptors (Lipinski definition) is 4. The number of amides is 1. The lowest BCUT2D eigenvalue weighted by Gasteiger charge is -2.13. The Morgan fingerprint density at radius 2 is 2.23 bits per heavy atom. The molecule has 0 spiro atoms. The number of aromatic nitrogens is 3. The van der Waals surface area contributed by atoms with Crippen LogP contribution in [0.5, 0.6) is 5.75 Å². The van der Waals surface area contributed by atoms with Crippen LogP contribution in [-0.4, -0.2) is 27.7 Å². The lowest BCUT2D eigenvalue weighted by atomic mass is 10.1. The van der Waals surface area contributed by atoms with E-state index in [-0.39, 0.29) is 23.9 Å². The summed E-state index contributed by atoms with van der Waals surface area (Å²) in [5, 5.41) is 8.19. The topological polar surface area (TPSA) is 79.9 Å². The second-order valence-electron chi connectivity index (χ2n) is 4.10. The van der Waals surface area contributed by atoms with E-state index in [4.69, 9.17) is 4.74 Å². The van der Waals surface area contributed by atoms with Crippen LogP contribution in [0.4, 0.5) is 19.1 Å². The van der Waals surface area contributed by atoms with Crippen molar-refractivity contribution in [1.82, 2.24) is 15.2 Å². The fourth-order valence-corrected chi connectivity index (χ4v) is 1.60. The van der Waals surface area contributed by atoms with Crippen molar-refractivity contribution in [3.63, 3.8) is 0 Å². The van der Waals surface area contributed by atoms with Crippen molar-refractivity contribution in [3.8, 4) is 5.75 Å². The van der Waals surface area contributed by atoms with Crippen LogP contribution in [-0.2, 0) is 6.18 Å². The molecule has 0 fully saturated rings. The lowest BCUT2D eigenvalue weighted by molar-refractivity contribution is -0.137. The highest BCUT2D eigenvalue weighted by atomic mass is 19.4. The van der Waals surface area contributed by atoms with Gasteiger partial charge in [-0.25, -0.2) is 5.10 Å². The molecule has 6 nitrogen and oxygen atoms in total. The first kappa shape index (κ1) is 15.5. The highest BCUT2D eigenvalue weighted by Gasteiger charge is 2.32. The molecule has 1 aromatic heterocycles. The van der Waals surface area contributed by atoms with Crippen LogP contribution in [0.15, 0.2) is 37.2 Å². The Morgan fingerprint density at radius 1 is 1.45 bits per heavy atom. The van der Waals surface area contributed by atoms with Crippen molar-refractivity contribution in [2.75, 3.05) is 11.9 Å². The van der Waals surface area contributed by atoms with Crippen LogP contribution in [0.2, 0.25) is 0 Å². The van der Waals surface area contributed by atoms with Crippen molar-refractivity contribution < 1.29 is 22.7 Å². The maximum Gasteiger partial charge on any atom is 0.416 e. The van der Waals surface area contributed by atoms with Gasteiger partial charge < -0.3 is 4.74 Å². The Labute approximate surface area is 123 Å². The first-order valence-corrected chi connectivity index (χ1v) is 6.03. The molecule has 0 bridgehead atoms. The molecule has 0 saturated heterocycles. The maximum atomic E-state index is 12.8. The van der Waals surface area contributed by atoms with Crippen molar-refractivity contribution in [1.29, 1.82) is 0 Å². The summed E-state index contributed by atoms with van der Waals surface area (Å²) in [5.74, 6) is -0.788. The number of alkyl halides is 3. The second kappa shape index (κ2) is 6.29. The molecule has 0 aliphatic rings. The predicted octanol–water partition coefficient (Wildman–Crippen LogP) is 2.64. The van der Waals surface area contributed by atoms with E-state index in [2.05, 4.69) is 27.1 Å². The van der Waals surface area contributed by atoms with E-state index in [0.717, 1.165) is 18.5 Å². The highest BCUT2D eigenvalue weighted by molar-refractivity contribution is 6.05. The number of hydrogen-bond donors (Lipinski definition) is 2. The minimum atomic E-state index is -4.57. The SMILES string of the molecule is C=CCOc1ccc(C(F)(F)F)cc1C(=O)Nc1ncn[nH]1. The van der Waals surface area contributed by atoms with Crippen molar-refractivity contribution in [3.05, 3.63) is 48.3 Å². The number of H-pyrrole nitrogens is 1. The van der Waals surface area contributed by atoms with Gasteiger partial charge in [0.1, 0.15) is 18.7 Å². The van der Waals surface area contributed by atoms with Crippen LogP contribution in [0.25, 0.3) is 0 Å². The normalized spacial score (nSPS) is 11.0. The Kier molecular flexibility index (Phi) is 4.44. The van der Waals surface area contributed by atoms with Gasteiger partial charge in [0.25, 0.3) is 5.91 Å². The molecule has 116 valence electrons. The number of benzene rings is 1. The van der Waals surface area contributed by atoms with Crippen molar-refractivity contribution >= 4 is 11.9 Å². The molecule has 0 radical (unpaired) electrons. The number of nitrogens with one attached hydrogen (secondary N) is 2. The number of nitrogens with zero attached hydrogens (tertiary/aromatic N) is 2. The molecule has 22 heavy (non-hydrogen) atoms. The Bertz CT molecular complexity index is 668. The first-order valence-electron chi connectivity index (χ1n) is 6.03. The van der Waals surface area contributed by atoms with Gasteiger partial charge in [-0.1, -0.05) is 12.7 Å². The number of ether oxygens (including phenoxy) is 1. The zero-order valence-corrected chi connectivity index (χ0v) is 11.1. The molecule has 2 N–H and O–H groups in total. The molecule has 0 saturated carbocycles. The third-order valence-electron chi connectivity index (χ3n) is 2.56. The maximum absolute atomic E-state index is 12.8. The lowest BCUT2D eigenvalue weighted by Crippen LogP contribution is -2.16. The summed E-state index contributed by atoms with van der Waals surface area (Å²) >= 11 is 0. The van der Waals surface area contributed by atoms with Gasteiger partial charge >= 0.3 is 6.18 Å². The summed E-state index contributed by atoms with van der Waals surface area (Å²) in [6.45, 7) is 3.49. The van der Waals surface area contributed by atoms with E-state index in [1.807, 2.05) is 0 Å². The van der Waals surface area contributed by atoms with Crippen LogP contribution >= 0.6 is 0 Å². The van der Waals surface area contributed by atoms with Crippen molar-refractivity contribution in [2.45, 2.75) is 6.18 Å². The summed E-state index contributed by atoms with van der Waals surface area (Å²) in [4.78, 5) is 15.8. The monoisotopic (exact) mass is 312 g/mol. The molecule has 0 aliphatic heterocycles. The fraction of sp³-hybridized carbons (Fsp3) is 0.154. The van der Waals surface area contributed by atoms with Gasteiger partial charge in [-0.15, -0.1) is 0 Å². The number of carbonyl (C=O) groups is 1. The van der Waals surface area contributed by atoms with Gasteiger partial charge in [-0.3, -0.25) is 10.1 Å². The summed E-state index contributed by atoms with van der Waals surface area (Å²) in [6, 6.07) is 2.63. The van der Waals surface area contributed by atoms with Gasteiger partial charge in [0.05, 0.1) is 11.1 Å². The Balaban J connectivity index is 2.35. The van der Waals surface area contributed by atoms with Crippen molar-refractivity contribution in [2.24, 2.45) is 0 Å². The molecule has 1 amide bonds. The number of rotatable bonds is 5. The third kappa shape index (κ3) is 3.62. The Morgan fingerprint density at radius 3 is 2.82 bits per heavy atom. The highest BCUT2D eigenvalue weighted by Crippen LogP contribution is 2.32. The summed E-state index contributed by atoms with van der Waals surface area (Å²) in [7, 11) is 0. The number of aromatic amines is 1. The quantitative estimate of drug-likeness (QED) is 0.832. The number of anilines is 1. The van der Waals surface area contributed by atoms with Crippen LogP contribution in [0.1, 0.15) is 15.9 Å². The summed E-state index contributed by atoms with van der Waals surface area (Å²) in [6.07, 6.45) is -2.01. The average Bonchev–Trinajstić information content (AvgIpc) is 2.96. The van der Waals surface area contributed by atoms with Gasteiger partial charge in [-0.05, 0) is 18.2 Å². The zero-order valence-electron chi connectivity index (χ0n) is 11.1. The molecule has 2 aromatic rings. The third-order valence-corrected chi connectivity index (χ3v) is 2.56. The van der Waals surface area contributed by atoms with Crippen LogP contribution in [0.3, 0.4) is 0 Å². The predicted molar refractivity (Wildman–Crippen MR) is 71.5 cm³/mol. The van der Waals surface area contributed by atoms with E-state index < -0.39 is 17.6 Å². The van der Waals surface area contributed by atoms with Gasteiger partial charge in [0, 0.05) is 0 Å². The Hall–Kier alpha value is -2.84. The van der Waals surface area contributed by atoms with E-state index in [9.17, 15) is 18.0 Å². The largest absolute Gasteiger partial charge is 0.489 e. The number of carbonyl (C=O) groups excluding carboxylic acids is 1. The van der Waals surface area contributed by atoms with E-state index in [1.54, 1.807) is 0 Å². The molecule has 1 heterocycles. The molecule has 1 aromatic carbocycles. The second-order valence-corrected chi connectivity index (χ2v) is 4.10. The average molecular weight is 312 g/mol. The molecule has 9 heteroatoms. The fourth-order valence-electron chi connectivity index (χ4n) is 1.60. The minimum absolute atomic E-state index is 0.00455. The van der Waals surface area contributed by atoms with E-state index in [0.29, 0.717) is 6.07 Å². The molecule has 0 aliphatic carbocycles. The molecular weight excluding hydrogens is 301 g/mol. The van der Waals surface area contributed by atoms with Crippen LogP contribution < -0.4 is 10.1 Å². The zero-order chi connectivity index (χ0) is 16.2. The minimum Gasteiger partial charge on any atom is -0.489 e.